The van der Waals surface area contributed by atoms with Gasteiger partial charge in [0.1, 0.15) is 6.54 Å². The summed E-state index contributed by atoms with van der Waals surface area (Å²) in [7, 11) is 1.62. The summed E-state index contributed by atoms with van der Waals surface area (Å²) in [5.74, 6) is -1.07. The Hall–Kier alpha value is -1.10. The number of likely N-dealkylation sites (N-methyl/N-ethyl adjacent to an activating group) is 1. The van der Waals surface area contributed by atoms with Gasteiger partial charge in [-0.1, -0.05) is 0 Å². The third-order valence-corrected chi connectivity index (χ3v) is 2.05. The third-order valence-electron chi connectivity index (χ3n) is 2.05. The SMILES string of the molecule is CCN(CC(=O)O)C(=O)CCCCOC. The molecule has 0 saturated heterocycles. The summed E-state index contributed by atoms with van der Waals surface area (Å²) in [6, 6.07) is 0. The fraction of sp³-hybridized carbons (Fsp3) is 0.800. The maximum absolute atomic E-state index is 11.5. The average molecular weight is 217 g/mol. The highest BCUT2D eigenvalue weighted by molar-refractivity contribution is 5.81. The Morgan fingerprint density at radius 3 is 2.47 bits per heavy atom. The Morgan fingerprint density at radius 2 is 2.00 bits per heavy atom. The van der Waals surface area contributed by atoms with Crippen LogP contribution in [0.4, 0.5) is 0 Å². The van der Waals surface area contributed by atoms with Gasteiger partial charge in [-0.2, -0.15) is 0 Å². The van der Waals surface area contributed by atoms with Crippen molar-refractivity contribution in [2.45, 2.75) is 26.2 Å². The van der Waals surface area contributed by atoms with E-state index in [1.165, 1.54) is 4.90 Å². The van der Waals surface area contributed by atoms with E-state index in [1.807, 2.05) is 0 Å². The molecular formula is C10H19NO4. The summed E-state index contributed by atoms with van der Waals surface area (Å²) in [5.41, 5.74) is 0. The van der Waals surface area contributed by atoms with Crippen molar-refractivity contribution in [2.75, 3.05) is 26.8 Å². The number of nitrogens with zero attached hydrogens (tertiary/aromatic N) is 1. The van der Waals surface area contributed by atoms with E-state index in [0.29, 0.717) is 19.6 Å². The molecule has 5 heteroatoms. The fourth-order valence-electron chi connectivity index (χ4n) is 1.22. The molecule has 0 saturated carbocycles. The van der Waals surface area contributed by atoms with Crippen molar-refractivity contribution >= 4 is 11.9 Å². The molecule has 0 radical (unpaired) electrons. The number of rotatable bonds is 8. The molecule has 0 aliphatic heterocycles. The van der Waals surface area contributed by atoms with Gasteiger partial charge in [0.25, 0.3) is 0 Å². The van der Waals surface area contributed by atoms with E-state index in [1.54, 1.807) is 14.0 Å². The molecule has 0 aliphatic carbocycles. The summed E-state index contributed by atoms with van der Waals surface area (Å²) in [6.07, 6.45) is 1.96. The van der Waals surface area contributed by atoms with Crippen LogP contribution >= 0.6 is 0 Å². The van der Waals surface area contributed by atoms with E-state index in [2.05, 4.69) is 0 Å². The lowest BCUT2D eigenvalue weighted by Crippen LogP contribution is -2.35. The first kappa shape index (κ1) is 13.9. The summed E-state index contributed by atoms with van der Waals surface area (Å²) < 4.78 is 4.86. The third kappa shape index (κ3) is 6.90. The molecule has 0 aromatic rings. The molecule has 1 N–H and O–H groups in total. The number of carboxylic acid groups (broad SMARTS) is 1. The molecule has 0 unspecified atom stereocenters. The van der Waals surface area contributed by atoms with Gasteiger partial charge < -0.3 is 14.7 Å². The van der Waals surface area contributed by atoms with Crippen LogP contribution in [0.15, 0.2) is 0 Å². The van der Waals surface area contributed by atoms with Crippen molar-refractivity contribution in [1.82, 2.24) is 4.90 Å². The number of ether oxygens (including phenoxy) is 1. The highest BCUT2D eigenvalue weighted by Gasteiger charge is 2.13. The van der Waals surface area contributed by atoms with Gasteiger partial charge in [-0.05, 0) is 19.8 Å². The van der Waals surface area contributed by atoms with Gasteiger partial charge in [0.05, 0.1) is 0 Å². The monoisotopic (exact) mass is 217 g/mol. The van der Waals surface area contributed by atoms with E-state index < -0.39 is 5.97 Å². The number of hydrogen-bond donors (Lipinski definition) is 1. The zero-order chi connectivity index (χ0) is 11.7. The van der Waals surface area contributed by atoms with Crippen molar-refractivity contribution in [2.24, 2.45) is 0 Å². The van der Waals surface area contributed by atoms with Crippen LogP contribution in [0.5, 0.6) is 0 Å². The number of aliphatic carboxylic acids is 1. The normalized spacial score (nSPS) is 10.0. The molecule has 0 aromatic heterocycles. The van der Waals surface area contributed by atoms with Crippen molar-refractivity contribution in [3.63, 3.8) is 0 Å². The zero-order valence-electron chi connectivity index (χ0n) is 9.36. The van der Waals surface area contributed by atoms with E-state index in [0.717, 1.165) is 12.8 Å². The second-order valence-electron chi connectivity index (χ2n) is 3.25. The first-order valence-corrected chi connectivity index (χ1v) is 5.10. The van der Waals surface area contributed by atoms with Crippen LogP contribution < -0.4 is 0 Å². The molecule has 0 aromatic carbocycles. The first-order valence-electron chi connectivity index (χ1n) is 5.10. The standard InChI is InChI=1S/C10H19NO4/c1-3-11(8-10(13)14)9(12)6-4-5-7-15-2/h3-8H2,1-2H3,(H,13,14). The summed E-state index contributed by atoms with van der Waals surface area (Å²) in [6.45, 7) is 2.64. The molecule has 88 valence electrons. The molecule has 0 spiro atoms. The largest absolute Gasteiger partial charge is 0.480 e. The lowest BCUT2D eigenvalue weighted by Gasteiger charge is -2.18. The van der Waals surface area contributed by atoms with E-state index in [9.17, 15) is 9.59 Å². The molecule has 15 heavy (non-hydrogen) atoms. The summed E-state index contributed by atoms with van der Waals surface area (Å²) in [4.78, 5) is 23.3. The summed E-state index contributed by atoms with van der Waals surface area (Å²) in [5, 5.41) is 8.56. The second-order valence-corrected chi connectivity index (χ2v) is 3.25. The van der Waals surface area contributed by atoms with Gasteiger partial charge in [0, 0.05) is 26.7 Å². The maximum atomic E-state index is 11.5. The Bertz CT molecular complexity index is 206. The second kappa shape index (κ2) is 8.23. The molecule has 0 rings (SSSR count). The van der Waals surface area contributed by atoms with Crippen LogP contribution in [0.25, 0.3) is 0 Å². The van der Waals surface area contributed by atoms with Crippen LogP contribution in [-0.2, 0) is 14.3 Å². The predicted molar refractivity (Wildman–Crippen MR) is 55.6 cm³/mol. The molecule has 5 nitrogen and oxygen atoms in total. The number of hydrogen-bond acceptors (Lipinski definition) is 3. The average Bonchev–Trinajstić information content (AvgIpc) is 2.20. The highest BCUT2D eigenvalue weighted by atomic mass is 16.5. The Morgan fingerprint density at radius 1 is 1.33 bits per heavy atom. The predicted octanol–water partition coefficient (Wildman–Crippen LogP) is 0.736. The molecule has 0 bridgehead atoms. The smallest absolute Gasteiger partial charge is 0.323 e. The summed E-state index contributed by atoms with van der Waals surface area (Å²) >= 11 is 0. The molecule has 0 heterocycles. The number of carboxylic acids is 1. The van der Waals surface area contributed by atoms with Crippen LogP contribution in [0, 0.1) is 0 Å². The minimum Gasteiger partial charge on any atom is -0.480 e. The Balaban J connectivity index is 3.78. The van der Waals surface area contributed by atoms with E-state index in [4.69, 9.17) is 9.84 Å². The minimum absolute atomic E-state index is 0.101. The van der Waals surface area contributed by atoms with Crippen molar-refractivity contribution in [3.05, 3.63) is 0 Å². The van der Waals surface area contributed by atoms with Crippen LogP contribution in [0.2, 0.25) is 0 Å². The van der Waals surface area contributed by atoms with Crippen molar-refractivity contribution < 1.29 is 19.4 Å². The van der Waals surface area contributed by atoms with Gasteiger partial charge in [0.2, 0.25) is 5.91 Å². The topological polar surface area (TPSA) is 66.8 Å². The van der Waals surface area contributed by atoms with Gasteiger partial charge in [-0.25, -0.2) is 0 Å². The Kier molecular flexibility index (Phi) is 7.62. The van der Waals surface area contributed by atoms with E-state index >= 15 is 0 Å². The first-order chi connectivity index (χ1) is 7.11. The van der Waals surface area contributed by atoms with Gasteiger partial charge in [-0.15, -0.1) is 0 Å². The van der Waals surface area contributed by atoms with Crippen LogP contribution in [-0.4, -0.2) is 48.7 Å². The van der Waals surface area contributed by atoms with Gasteiger partial charge in [0.15, 0.2) is 0 Å². The van der Waals surface area contributed by atoms with Gasteiger partial charge in [-0.3, -0.25) is 9.59 Å². The van der Waals surface area contributed by atoms with Crippen LogP contribution in [0.3, 0.4) is 0 Å². The quantitative estimate of drug-likeness (QED) is 0.609. The lowest BCUT2D eigenvalue weighted by molar-refractivity contribution is -0.144. The number of unbranched alkanes of at least 4 members (excludes halogenated alkanes) is 1. The fourth-order valence-corrected chi connectivity index (χ4v) is 1.22. The van der Waals surface area contributed by atoms with Crippen LogP contribution in [0.1, 0.15) is 26.2 Å². The number of carbonyl (C=O) groups is 2. The highest BCUT2D eigenvalue weighted by Crippen LogP contribution is 2.01. The molecule has 0 fully saturated rings. The van der Waals surface area contributed by atoms with Crippen molar-refractivity contribution in [3.8, 4) is 0 Å². The number of carbonyl (C=O) groups excluding carboxylic acids is 1. The molecular weight excluding hydrogens is 198 g/mol. The maximum Gasteiger partial charge on any atom is 0.323 e. The number of methoxy groups -OCH3 is 1. The molecule has 1 amide bonds. The molecule has 0 atom stereocenters. The lowest BCUT2D eigenvalue weighted by atomic mass is 10.2. The van der Waals surface area contributed by atoms with Gasteiger partial charge >= 0.3 is 5.97 Å². The Labute approximate surface area is 90.0 Å². The molecule has 0 aliphatic rings. The van der Waals surface area contributed by atoms with Crippen molar-refractivity contribution in [1.29, 1.82) is 0 Å². The number of amides is 1. The zero-order valence-corrected chi connectivity index (χ0v) is 9.36. The minimum atomic E-state index is -0.970. The van der Waals surface area contributed by atoms with E-state index in [-0.39, 0.29) is 12.5 Å².